The molecule has 1 aromatic heterocycles. The number of amides is 1. The number of carbonyl (C=O) groups is 1. The molecule has 6 nitrogen and oxygen atoms in total. The topological polar surface area (TPSA) is 85.4 Å². The Labute approximate surface area is 150 Å². The van der Waals surface area contributed by atoms with E-state index >= 15 is 0 Å². The van der Waals surface area contributed by atoms with E-state index in [2.05, 4.69) is 9.71 Å². The first-order valence-electron chi connectivity index (χ1n) is 8.40. The van der Waals surface area contributed by atoms with Gasteiger partial charge < -0.3 is 4.74 Å². The second kappa shape index (κ2) is 5.99. The van der Waals surface area contributed by atoms with Gasteiger partial charge in [-0.2, -0.15) is 0 Å². The summed E-state index contributed by atoms with van der Waals surface area (Å²) in [6, 6.07) is 8.79. The highest BCUT2D eigenvalue weighted by Gasteiger charge is 2.63. The molecule has 0 atom stereocenters. The number of nitrogens with zero attached hydrogens (tertiary/aromatic N) is 1. The second-order valence-corrected chi connectivity index (χ2v) is 9.13. The molecule has 2 saturated heterocycles. The van der Waals surface area contributed by atoms with Crippen molar-refractivity contribution in [3.05, 3.63) is 42.1 Å². The van der Waals surface area contributed by atoms with Crippen molar-refractivity contribution in [1.29, 1.82) is 0 Å². The molecular formula is C18H19FN2O4S. The van der Waals surface area contributed by atoms with Crippen molar-refractivity contribution < 1.29 is 22.3 Å². The summed E-state index contributed by atoms with van der Waals surface area (Å²) in [4.78, 5) is 16.4. The molecule has 2 aromatic rings. The number of sulfonamides is 1. The molecule has 1 aliphatic carbocycles. The highest BCUT2D eigenvalue weighted by Crippen LogP contribution is 2.59. The molecule has 5 rings (SSSR count). The van der Waals surface area contributed by atoms with Crippen molar-refractivity contribution in [1.82, 2.24) is 9.71 Å². The maximum Gasteiger partial charge on any atom is 0.239 e. The zero-order valence-electron chi connectivity index (χ0n) is 14.1. The largest absolute Gasteiger partial charge is 0.372 e. The molecule has 0 radical (unpaired) electrons. The van der Waals surface area contributed by atoms with E-state index in [9.17, 15) is 17.6 Å². The zero-order chi connectivity index (χ0) is 18.4. The molecule has 138 valence electrons. The van der Waals surface area contributed by atoms with Crippen LogP contribution in [-0.2, 0) is 25.3 Å². The van der Waals surface area contributed by atoms with Crippen molar-refractivity contribution in [2.75, 3.05) is 13.3 Å². The van der Waals surface area contributed by atoms with Gasteiger partial charge in [0.05, 0.1) is 23.5 Å². The Morgan fingerprint density at radius 3 is 2.81 bits per heavy atom. The fourth-order valence-corrected chi connectivity index (χ4v) is 5.37. The normalized spacial score (nSPS) is 27.3. The first kappa shape index (κ1) is 17.4. The van der Waals surface area contributed by atoms with E-state index in [-0.39, 0.29) is 12.2 Å². The first-order chi connectivity index (χ1) is 12.3. The monoisotopic (exact) mass is 378 g/mol. The SMILES string of the molecule is O=C(CC12COC(CF)(C1)C2)NS(=O)(=O)Cc1cccc2ncccc12. The molecule has 0 spiro atoms. The molecule has 8 heteroatoms. The zero-order valence-corrected chi connectivity index (χ0v) is 14.9. The average Bonchev–Trinajstić information content (AvgIpc) is 3.09. The maximum absolute atomic E-state index is 12.9. The minimum atomic E-state index is -3.84. The van der Waals surface area contributed by atoms with E-state index in [1.807, 2.05) is 0 Å². The van der Waals surface area contributed by atoms with Crippen LogP contribution in [0.25, 0.3) is 10.9 Å². The highest BCUT2D eigenvalue weighted by atomic mass is 32.2. The standard InChI is InChI=1S/C18H19FN2O4S/c19-11-18-9-17(10-18,12-25-18)7-16(22)21-26(23,24)8-13-3-1-5-15-14(13)4-2-6-20-15/h1-6H,7-12H2,(H,21,22). The minimum Gasteiger partial charge on any atom is -0.372 e. The molecule has 26 heavy (non-hydrogen) atoms. The summed E-state index contributed by atoms with van der Waals surface area (Å²) in [5, 5.41) is 0.738. The maximum atomic E-state index is 12.9. The van der Waals surface area contributed by atoms with Gasteiger partial charge >= 0.3 is 0 Å². The van der Waals surface area contributed by atoms with Gasteiger partial charge in [0.25, 0.3) is 0 Å². The summed E-state index contributed by atoms with van der Waals surface area (Å²) in [7, 11) is -3.84. The van der Waals surface area contributed by atoms with Crippen LogP contribution in [-0.4, -0.2) is 38.2 Å². The Morgan fingerprint density at radius 2 is 2.08 bits per heavy atom. The molecule has 1 saturated carbocycles. The van der Waals surface area contributed by atoms with Gasteiger partial charge in [0.1, 0.15) is 6.67 Å². The van der Waals surface area contributed by atoms with Gasteiger partial charge in [-0.25, -0.2) is 12.8 Å². The number of halogens is 1. The van der Waals surface area contributed by atoms with E-state index in [4.69, 9.17) is 4.74 Å². The number of ether oxygens (including phenoxy) is 1. The van der Waals surface area contributed by atoms with Crippen LogP contribution in [0.1, 0.15) is 24.8 Å². The molecule has 1 amide bonds. The summed E-state index contributed by atoms with van der Waals surface area (Å²) in [5.74, 6) is -0.874. The third-order valence-corrected chi connectivity index (χ3v) is 6.44. The van der Waals surface area contributed by atoms with Crippen molar-refractivity contribution in [2.24, 2.45) is 5.41 Å². The molecule has 1 aromatic carbocycles. The third kappa shape index (κ3) is 3.07. The molecule has 2 aliphatic heterocycles. The molecule has 1 N–H and O–H groups in total. The average molecular weight is 378 g/mol. The smallest absolute Gasteiger partial charge is 0.239 e. The van der Waals surface area contributed by atoms with Crippen LogP contribution in [0.5, 0.6) is 0 Å². The second-order valence-electron chi connectivity index (χ2n) is 7.41. The number of aromatic nitrogens is 1. The number of hydrogen-bond acceptors (Lipinski definition) is 5. The lowest BCUT2D eigenvalue weighted by Crippen LogP contribution is -2.48. The number of carbonyl (C=O) groups excluding carboxylic acids is 1. The van der Waals surface area contributed by atoms with Gasteiger partial charge in [0.15, 0.2) is 0 Å². The lowest BCUT2D eigenvalue weighted by atomic mass is 9.61. The summed E-state index contributed by atoms with van der Waals surface area (Å²) in [5.41, 5.74) is 0.119. The van der Waals surface area contributed by atoms with Crippen molar-refractivity contribution in [2.45, 2.75) is 30.6 Å². The molecule has 3 aliphatic rings. The Bertz CT molecular complexity index is 965. The fraction of sp³-hybridized carbons (Fsp3) is 0.444. The lowest BCUT2D eigenvalue weighted by molar-refractivity contribution is -0.123. The summed E-state index contributed by atoms with van der Waals surface area (Å²) < 4.78 is 45.4. The highest BCUT2D eigenvalue weighted by molar-refractivity contribution is 7.89. The summed E-state index contributed by atoms with van der Waals surface area (Å²) in [6.45, 7) is -0.261. The number of benzene rings is 1. The Kier molecular flexibility index (Phi) is 4.00. The van der Waals surface area contributed by atoms with Gasteiger partial charge in [-0.05, 0) is 30.5 Å². The molecule has 2 bridgehead atoms. The van der Waals surface area contributed by atoms with E-state index < -0.39 is 33.6 Å². The lowest BCUT2D eigenvalue weighted by Gasteiger charge is -2.42. The third-order valence-electron chi connectivity index (χ3n) is 5.21. The predicted molar refractivity (Wildman–Crippen MR) is 93.5 cm³/mol. The Hall–Kier alpha value is -2.06. The van der Waals surface area contributed by atoms with Gasteiger partial charge in [0.2, 0.25) is 15.9 Å². The van der Waals surface area contributed by atoms with Crippen LogP contribution in [0.4, 0.5) is 4.39 Å². The van der Waals surface area contributed by atoms with Gasteiger partial charge in [-0.15, -0.1) is 0 Å². The van der Waals surface area contributed by atoms with E-state index in [0.29, 0.717) is 30.5 Å². The molecule has 0 unspecified atom stereocenters. The molecular weight excluding hydrogens is 359 g/mol. The van der Waals surface area contributed by atoms with Crippen molar-refractivity contribution in [3.63, 3.8) is 0 Å². The van der Waals surface area contributed by atoms with Crippen LogP contribution in [0.3, 0.4) is 0 Å². The Morgan fingerprint density at radius 1 is 1.27 bits per heavy atom. The minimum absolute atomic E-state index is 0.0328. The molecule has 3 fully saturated rings. The fourth-order valence-electron chi connectivity index (χ4n) is 4.22. The predicted octanol–water partition coefficient (Wildman–Crippen LogP) is 2.09. The van der Waals surface area contributed by atoms with Crippen LogP contribution in [0, 0.1) is 5.41 Å². The number of rotatable bonds is 6. The van der Waals surface area contributed by atoms with Crippen molar-refractivity contribution in [3.8, 4) is 0 Å². The number of hydrogen-bond donors (Lipinski definition) is 1. The number of alkyl halides is 1. The number of nitrogens with one attached hydrogen (secondary N) is 1. The number of pyridine rings is 1. The van der Waals surface area contributed by atoms with Crippen LogP contribution in [0.2, 0.25) is 0 Å². The quantitative estimate of drug-likeness (QED) is 0.832. The van der Waals surface area contributed by atoms with Crippen LogP contribution >= 0.6 is 0 Å². The van der Waals surface area contributed by atoms with Crippen LogP contribution < -0.4 is 4.72 Å². The summed E-state index contributed by atoms with van der Waals surface area (Å²) in [6.07, 6.45) is 2.62. The molecule has 3 heterocycles. The first-order valence-corrected chi connectivity index (χ1v) is 10.1. The van der Waals surface area contributed by atoms with E-state index in [1.165, 1.54) is 0 Å². The van der Waals surface area contributed by atoms with E-state index in [0.717, 1.165) is 5.39 Å². The van der Waals surface area contributed by atoms with Crippen LogP contribution in [0.15, 0.2) is 36.5 Å². The van der Waals surface area contributed by atoms with Crippen molar-refractivity contribution >= 4 is 26.8 Å². The van der Waals surface area contributed by atoms with Gasteiger partial charge in [0, 0.05) is 23.4 Å². The van der Waals surface area contributed by atoms with Gasteiger partial charge in [-0.1, -0.05) is 18.2 Å². The van der Waals surface area contributed by atoms with Gasteiger partial charge in [-0.3, -0.25) is 14.5 Å². The Balaban J connectivity index is 1.43. The summed E-state index contributed by atoms with van der Waals surface area (Å²) >= 11 is 0. The van der Waals surface area contributed by atoms with E-state index in [1.54, 1.807) is 36.5 Å². The number of fused-ring (bicyclic) bond motifs is 2.